The summed E-state index contributed by atoms with van der Waals surface area (Å²) in [6.45, 7) is 12.4. The molecule has 3 saturated carbocycles. The Bertz CT molecular complexity index is 630. The van der Waals surface area contributed by atoms with Crippen molar-refractivity contribution >= 4 is 5.78 Å². The first-order valence-electron chi connectivity index (χ1n) is 13.0. The first-order valence-corrected chi connectivity index (χ1v) is 13.0. The SMILES string of the molecule is C/C1=C\[C@H]2C[C@H]2CC(=O)CC[C@@H]2[C@@H]1CC[C@]1(C)[C@@H]([C@H](C)CCCC(C)C)CC[C@@H]21. The highest BCUT2D eigenvalue weighted by molar-refractivity contribution is 5.79. The van der Waals surface area contributed by atoms with E-state index >= 15 is 0 Å². The lowest BCUT2D eigenvalue weighted by atomic mass is 9.54. The van der Waals surface area contributed by atoms with Crippen molar-refractivity contribution in [1.82, 2.24) is 0 Å². The van der Waals surface area contributed by atoms with Gasteiger partial charge in [0.05, 0.1) is 0 Å². The van der Waals surface area contributed by atoms with Crippen molar-refractivity contribution < 1.29 is 4.79 Å². The highest BCUT2D eigenvalue weighted by Gasteiger charge is 2.55. The standard InChI is InChI=1S/C28H46O/c1-18(2)7-6-8-19(3)26-11-12-27-25-10-9-23(29)17-22-16-21(22)15-20(4)24(25)13-14-28(26,27)5/h15,18-19,21-22,24-27H,6-14,16-17H2,1-5H3/b20-15+/t19-,21+,22+,24-,25-,26-,27+,28-/m1/s1. The van der Waals surface area contributed by atoms with E-state index in [0.29, 0.717) is 17.1 Å². The second-order valence-corrected chi connectivity index (χ2v) is 12.3. The third-order valence-corrected chi connectivity index (χ3v) is 9.92. The molecule has 0 aromatic carbocycles. The van der Waals surface area contributed by atoms with Gasteiger partial charge in [-0.05, 0) is 98.2 Å². The smallest absolute Gasteiger partial charge is 0.133 e. The van der Waals surface area contributed by atoms with Crippen LogP contribution in [0.5, 0.6) is 0 Å². The van der Waals surface area contributed by atoms with Crippen LogP contribution in [0.2, 0.25) is 0 Å². The Morgan fingerprint density at radius 3 is 2.66 bits per heavy atom. The minimum absolute atomic E-state index is 0.522. The average molecular weight is 399 g/mol. The Morgan fingerprint density at radius 1 is 1.10 bits per heavy atom. The van der Waals surface area contributed by atoms with Gasteiger partial charge in [0.1, 0.15) is 5.78 Å². The van der Waals surface area contributed by atoms with Crippen LogP contribution in [0.3, 0.4) is 0 Å². The van der Waals surface area contributed by atoms with Crippen LogP contribution in [-0.2, 0) is 4.79 Å². The largest absolute Gasteiger partial charge is 0.300 e. The molecule has 0 aromatic rings. The summed E-state index contributed by atoms with van der Waals surface area (Å²) in [5.74, 6) is 6.96. The second-order valence-electron chi connectivity index (χ2n) is 12.3. The fourth-order valence-electron chi connectivity index (χ4n) is 8.17. The molecule has 0 bridgehead atoms. The molecule has 4 aliphatic carbocycles. The molecule has 0 heterocycles. The molecule has 0 radical (unpaired) electrons. The number of carbonyl (C=O) groups excluding carboxylic acids is 1. The van der Waals surface area contributed by atoms with Gasteiger partial charge in [0.15, 0.2) is 0 Å². The number of hydrogen-bond donors (Lipinski definition) is 0. The van der Waals surface area contributed by atoms with E-state index in [9.17, 15) is 4.79 Å². The number of hydrogen-bond acceptors (Lipinski definition) is 1. The Hall–Kier alpha value is -0.590. The van der Waals surface area contributed by atoms with Crippen LogP contribution in [-0.4, -0.2) is 5.78 Å². The maximum absolute atomic E-state index is 12.6. The minimum atomic E-state index is 0.522. The maximum atomic E-state index is 12.6. The monoisotopic (exact) mass is 398 g/mol. The summed E-state index contributed by atoms with van der Waals surface area (Å²) in [4.78, 5) is 12.6. The number of fused-ring (bicyclic) bond motifs is 4. The zero-order valence-electron chi connectivity index (χ0n) is 19.9. The molecule has 164 valence electrons. The molecular formula is C28H46O. The molecule has 0 unspecified atom stereocenters. The van der Waals surface area contributed by atoms with Crippen LogP contribution in [0.25, 0.3) is 0 Å². The van der Waals surface area contributed by atoms with Crippen molar-refractivity contribution in [2.24, 2.45) is 52.8 Å². The summed E-state index contributed by atoms with van der Waals surface area (Å²) in [6, 6.07) is 0. The van der Waals surface area contributed by atoms with Crippen molar-refractivity contribution in [3.05, 3.63) is 11.6 Å². The number of rotatable bonds is 5. The molecular weight excluding hydrogens is 352 g/mol. The molecule has 4 rings (SSSR count). The van der Waals surface area contributed by atoms with Crippen molar-refractivity contribution in [2.45, 2.75) is 105 Å². The predicted molar refractivity (Wildman–Crippen MR) is 123 cm³/mol. The lowest BCUT2D eigenvalue weighted by Crippen LogP contribution is -2.43. The van der Waals surface area contributed by atoms with E-state index in [-0.39, 0.29) is 0 Å². The van der Waals surface area contributed by atoms with Crippen LogP contribution >= 0.6 is 0 Å². The first-order chi connectivity index (χ1) is 13.8. The van der Waals surface area contributed by atoms with E-state index in [1.807, 2.05) is 0 Å². The molecule has 8 atom stereocenters. The summed E-state index contributed by atoms with van der Waals surface area (Å²) >= 11 is 0. The summed E-state index contributed by atoms with van der Waals surface area (Å²) in [6.07, 6.45) is 16.6. The van der Waals surface area contributed by atoms with Crippen molar-refractivity contribution in [3.8, 4) is 0 Å². The van der Waals surface area contributed by atoms with E-state index < -0.39 is 0 Å². The fourth-order valence-corrected chi connectivity index (χ4v) is 8.17. The Kier molecular flexibility index (Phi) is 6.35. The fraction of sp³-hybridized carbons (Fsp3) is 0.893. The van der Waals surface area contributed by atoms with Crippen LogP contribution in [0, 0.1) is 52.8 Å². The molecule has 0 saturated heterocycles. The molecule has 1 heteroatoms. The summed E-state index contributed by atoms with van der Waals surface area (Å²) in [7, 11) is 0. The molecule has 0 aromatic heterocycles. The lowest BCUT2D eigenvalue weighted by molar-refractivity contribution is -0.120. The molecule has 0 N–H and O–H groups in total. The van der Waals surface area contributed by atoms with Gasteiger partial charge in [0.25, 0.3) is 0 Å². The van der Waals surface area contributed by atoms with Gasteiger partial charge in [0, 0.05) is 12.8 Å². The van der Waals surface area contributed by atoms with Gasteiger partial charge in [-0.15, -0.1) is 0 Å². The van der Waals surface area contributed by atoms with E-state index in [1.165, 1.54) is 57.8 Å². The summed E-state index contributed by atoms with van der Waals surface area (Å²) in [5, 5.41) is 0. The van der Waals surface area contributed by atoms with Gasteiger partial charge >= 0.3 is 0 Å². The molecule has 3 fully saturated rings. The number of allylic oxidation sites excluding steroid dienone is 2. The van der Waals surface area contributed by atoms with Crippen molar-refractivity contribution in [2.75, 3.05) is 0 Å². The van der Waals surface area contributed by atoms with Crippen molar-refractivity contribution in [3.63, 3.8) is 0 Å². The first kappa shape index (κ1) is 21.6. The number of carbonyl (C=O) groups is 1. The average Bonchev–Trinajstić information content (AvgIpc) is 3.26. The molecule has 1 nitrogen and oxygen atoms in total. The van der Waals surface area contributed by atoms with E-state index in [0.717, 1.165) is 54.3 Å². The van der Waals surface area contributed by atoms with E-state index in [4.69, 9.17) is 0 Å². The third-order valence-electron chi connectivity index (χ3n) is 9.92. The number of Topliss-reactive ketones (excluding diaryl/α,β-unsaturated/α-hetero) is 1. The van der Waals surface area contributed by atoms with Gasteiger partial charge in [-0.1, -0.05) is 58.6 Å². The molecule has 0 amide bonds. The van der Waals surface area contributed by atoms with Gasteiger partial charge < -0.3 is 0 Å². The van der Waals surface area contributed by atoms with Gasteiger partial charge in [0.2, 0.25) is 0 Å². The van der Waals surface area contributed by atoms with Gasteiger partial charge in [-0.25, -0.2) is 0 Å². The van der Waals surface area contributed by atoms with Gasteiger partial charge in [-0.2, -0.15) is 0 Å². The topological polar surface area (TPSA) is 17.1 Å². The van der Waals surface area contributed by atoms with Crippen LogP contribution in [0.15, 0.2) is 11.6 Å². The second kappa shape index (κ2) is 8.51. The van der Waals surface area contributed by atoms with Crippen LogP contribution < -0.4 is 0 Å². The quantitative estimate of drug-likeness (QED) is 0.431. The predicted octanol–water partition coefficient (Wildman–Crippen LogP) is 7.84. The van der Waals surface area contributed by atoms with E-state index in [2.05, 4.69) is 40.7 Å². The normalized spacial score (nSPS) is 45.0. The minimum Gasteiger partial charge on any atom is -0.300 e. The van der Waals surface area contributed by atoms with Gasteiger partial charge in [-0.3, -0.25) is 4.79 Å². The number of ketones is 1. The zero-order chi connectivity index (χ0) is 20.8. The lowest BCUT2D eigenvalue weighted by Gasteiger charge is -2.50. The van der Waals surface area contributed by atoms with Crippen LogP contribution in [0.1, 0.15) is 105 Å². The Morgan fingerprint density at radius 2 is 1.90 bits per heavy atom. The maximum Gasteiger partial charge on any atom is 0.133 e. The Labute approximate surface area is 180 Å². The summed E-state index contributed by atoms with van der Waals surface area (Å²) < 4.78 is 0. The molecule has 0 spiro atoms. The van der Waals surface area contributed by atoms with Crippen molar-refractivity contribution in [1.29, 1.82) is 0 Å². The zero-order valence-corrected chi connectivity index (χ0v) is 19.9. The summed E-state index contributed by atoms with van der Waals surface area (Å²) in [5.41, 5.74) is 2.21. The molecule has 29 heavy (non-hydrogen) atoms. The third kappa shape index (κ3) is 4.40. The Balaban J connectivity index is 1.50. The molecule has 4 aliphatic rings. The molecule has 0 aliphatic heterocycles. The van der Waals surface area contributed by atoms with E-state index in [1.54, 1.807) is 5.57 Å². The highest BCUT2D eigenvalue weighted by Crippen LogP contribution is 2.63. The highest BCUT2D eigenvalue weighted by atomic mass is 16.1. The van der Waals surface area contributed by atoms with Crippen LogP contribution in [0.4, 0.5) is 0 Å².